The van der Waals surface area contributed by atoms with Crippen LogP contribution in [0.3, 0.4) is 0 Å². The van der Waals surface area contributed by atoms with Gasteiger partial charge >= 0.3 is 0 Å². The molecular formula is C15H33N. The number of nitrogens with zero attached hydrogens (tertiary/aromatic N) is 1. The van der Waals surface area contributed by atoms with E-state index < -0.39 is 0 Å². The lowest BCUT2D eigenvalue weighted by molar-refractivity contribution is 0.206. The van der Waals surface area contributed by atoms with Crippen LogP contribution in [0.4, 0.5) is 0 Å². The van der Waals surface area contributed by atoms with Crippen molar-refractivity contribution in [2.75, 3.05) is 19.6 Å². The van der Waals surface area contributed by atoms with Gasteiger partial charge in [0.05, 0.1) is 0 Å². The summed E-state index contributed by atoms with van der Waals surface area (Å²) in [4.78, 5) is 2.59. The Morgan fingerprint density at radius 3 is 1.75 bits per heavy atom. The zero-order valence-corrected chi connectivity index (χ0v) is 12.1. The molecule has 0 bridgehead atoms. The van der Waals surface area contributed by atoms with Gasteiger partial charge in [0.25, 0.3) is 0 Å². The van der Waals surface area contributed by atoms with E-state index in [4.69, 9.17) is 0 Å². The van der Waals surface area contributed by atoms with E-state index >= 15 is 0 Å². The predicted molar refractivity (Wildman–Crippen MR) is 74.9 cm³/mol. The van der Waals surface area contributed by atoms with Crippen LogP contribution in [0, 0.1) is 5.92 Å². The maximum Gasteiger partial charge on any atom is 0.000438 e. The first-order valence-corrected chi connectivity index (χ1v) is 7.43. The normalized spacial score (nSPS) is 17.1. The van der Waals surface area contributed by atoms with Crippen molar-refractivity contribution in [1.29, 1.82) is 0 Å². The molecule has 1 aliphatic heterocycles. The minimum Gasteiger partial charge on any atom is -0.303 e. The van der Waals surface area contributed by atoms with Crippen LogP contribution in [0.15, 0.2) is 0 Å². The Bertz CT molecular complexity index is 121. The zero-order valence-electron chi connectivity index (χ0n) is 12.1. The maximum atomic E-state index is 2.59. The molecule has 1 nitrogen and oxygen atoms in total. The van der Waals surface area contributed by atoms with Crippen LogP contribution in [-0.4, -0.2) is 24.5 Å². The van der Waals surface area contributed by atoms with E-state index in [1.54, 1.807) is 0 Å². The van der Waals surface area contributed by atoms with Gasteiger partial charge in [0.15, 0.2) is 0 Å². The van der Waals surface area contributed by atoms with E-state index in [2.05, 4.69) is 32.6 Å². The van der Waals surface area contributed by atoms with E-state index in [0.717, 1.165) is 5.92 Å². The lowest BCUT2D eigenvalue weighted by Crippen LogP contribution is -2.32. The summed E-state index contributed by atoms with van der Waals surface area (Å²) in [5.74, 6) is 0.845. The van der Waals surface area contributed by atoms with Crippen molar-refractivity contribution in [2.45, 2.75) is 72.6 Å². The quantitative estimate of drug-likeness (QED) is 0.615. The molecule has 0 aliphatic carbocycles. The van der Waals surface area contributed by atoms with Crippen molar-refractivity contribution in [1.82, 2.24) is 4.90 Å². The second-order valence-corrected chi connectivity index (χ2v) is 5.46. The summed E-state index contributed by atoms with van der Waals surface area (Å²) in [6, 6.07) is 0. The van der Waals surface area contributed by atoms with Crippen LogP contribution in [0.5, 0.6) is 0 Å². The van der Waals surface area contributed by atoms with Gasteiger partial charge in [-0.25, -0.2) is 0 Å². The molecule has 1 fully saturated rings. The number of unbranched alkanes of at least 4 members (excludes halogenated alkanes) is 3. The molecule has 0 spiro atoms. The fourth-order valence-corrected chi connectivity index (χ4v) is 2.16. The summed E-state index contributed by atoms with van der Waals surface area (Å²) in [6.45, 7) is 13.1. The Morgan fingerprint density at radius 2 is 1.38 bits per heavy atom. The Kier molecular flexibility index (Phi) is 11.4. The molecular weight excluding hydrogens is 194 g/mol. The molecule has 0 amide bonds. The number of rotatable bonds is 5. The molecule has 0 aromatic rings. The molecule has 0 unspecified atom stereocenters. The lowest BCUT2D eigenvalue weighted by atomic mass is 10.1. The summed E-state index contributed by atoms with van der Waals surface area (Å²) in [6.07, 6.45) is 9.84. The van der Waals surface area contributed by atoms with Crippen molar-refractivity contribution in [3.05, 3.63) is 0 Å². The number of piperidine rings is 1. The predicted octanol–water partition coefficient (Wildman–Crippen LogP) is 4.71. The highest BCUT2D eigenvalue weighted by Gasteiger charge is 2.10. The summed E-state index contributed by atoms with van der Waals surface area (Å²) >= 11 is 0. The summed E-state index contributed by atoms with van der Waals surface area (Å²) < 4.78 is 0. The smallest absolute Gasteiger partial charge is 0.000438 e. The highest BCUT2D eigenvalue weighted by molar-refractivity contribution is 4.65. The number of likely N-dealkylation sites (tertiary alicyclic amines) is 1. The molecule has 1 rings (SSSR count). The minimum absolute atomic E-state index is 0.845. The van der Waals surface area contributed by atoms with Gasteiger partial charge in [0, 0.05) is 6.54 Å². The van der Waals surface area contributed by atoms with E-state index in [1.807, 2.05) is 0 Å². The average molecular weight is 227 g/mol. The van der Waals surface area contributed by atoms with Gasteiger partial charge in [0.1, 0.15) is 0 Å². The third-order valence-corrected chi connectivity index (χ3v) is 3.03. The Labute approximate surface area is 104 Å². The molecule has 1 heterocycles. The molecule has 1 aliphatic rings. The molecule has 1 heteroatoms. The summed E-state index contributed by atoms with van der Waals surface area (Å²) in [7, 11) is 0. The summed E-state index contributed by atoms with van der Waals surface area (Å²) in [5.41, 5.74) is 0. The molecule has 0 atom stereocenters. The van der Waals surface area contributed by atoms with Gasteiger partial charge in [-0.3, -0.25) is 0 Å². The second-order valence-electron chi connectivity index (χ2n) is 5.46. The van der Waals surface area contributed by atoms with Gasteiger partial charge in [-0.15, -0.1) is 0 Å². The Morgan fingerprint density at radius 1 is 0.875 bits per heavy atom. The number of hydrogen-bond donors (Lipinski definition) is 0. The third-order valence-electron chi connectivity index (χ3n) is 3.03. The first kappa shape index (κ1) is 16.0. The minimum atomic E-state index is 0.845. The molecule has 0 radical (unpaired) electrons. The largest absolute Gasteiger partial charge is 0.303 e. The highest BCUT2D eigenvalue weighted by atomic mass is 15.1. The van der Waals surface area contributed by atoms with Gasteiger partial charge in [-0.2, -0.15) is 0 Å². The van der Waals surface area contributed by atoms with Crippen LogP contribution in [0.2, 0.25) is 0 Å². The Hall–Kier alpha value is -0.0400. The fraction of sp³-hybridized carbons (Fsp3) is 1.00. The van der Waals surface area contributed by atoms with Crippen molar-refractivity contribution < 1.29 is 0 Å². The maximum absolute atomic E-state index is 2.59. The molecule has 16 heavy (non-hydrogen) atoms. The average Bonchev–Trinajstić information content (AvgIpc) is 2.28. The van der Waals surface area contributed by atoms with Gasteiger partial charge in [0.2, 0.25) is 0 Å². The molecule has 0 N–H and O–H groups in total. The summed E-state index contributed by atoms with van der Waals surface area (Å²) in [5, 5.41) is 0. The van der Waals surface area contributed by atoms with Crippen LogP contribution < -0.4 is 0 Å². The van der Waals surface area contributed by atoms with Crippen molar-refractivity contribution >= 4 is 0 Å². The Balaban J connectivity index is 0.000000325. The first-order chi connectivity index (χ1) is 7.70. The van der Waals surface area contributed by atoms with Crippen LogP contribution in [0.1, 0.15) is 72.6 Å². The van der Waals surface area contributed by atoms with E-state index in [9.17, 15) is 0 Å². The van der Waals surface area contributed by atoms with Crippen LogP contribution in [0.25, 0.3) is 0 Å². The molecule has 1 saturated heterocycles. The van der Waals surface area contributed by atoms with Crippen molar-refractivity contribution in [3.8, 4) is 0 Å². The molecule has 0 aromatic heterocycles. The van der Waals surface area contributed by atoms with Gasteiger partial charge in [-0.05, 0) is 31.8 Å². The standard InChI is InChI=1S/C9H19N.C6H14/c1-9(2)8-10-6-4-3-5-7-10;1-3-5-6-4-2/h9H,3-8H2,1-2H3;3-6H2,1-2H3. The second kappa shape index (κ2) is 11.4. The van der Waals surface area contributed by atoms with Gasteiger partial charge < -0.3 is 4.90 Å². The molecule has 0 saturated carbocycles. The topological polar surface area (TPSA) is 3.24 Å². The van der Waals surface area contributed by atoms with Gasteiger partial charge in [-0.1, -0.05) is 59.8 Å². The van der Waals surface area contributed by atoms with Crippen molar-refractivity contribution in [2.24, 2.45) is 5.92 Å². The first-order valence-electron chi connectivity index (χ1n) is 7.43. The molecule has 98 valence electrons. The molecule has 0 aromatic carbocycles. The fourth-order valence-electron chi connectivity index (χ4n) is 2.16. The lowest BCUT2D eigenvalue weighted by Gasteiger charge is -2.27. The number of hydrogen-bond acceptors (Lipinski definition) is 1. The highest BCUT2D eigenvalue weighted by Crippen LogP contribution is 2.10. The van der Waals surface area contributed by atoms with E-state index in [1.165, 1.54) is 64.6 Å². The van der Waals surface area contributed by atoms with Crippen LogP contribution >= 0.6 is 0 Å². The monoisotopic (exact) mass is 227 g/mol. The third kappa shape index (κ3) is 10.5. The SMILES string of the molecule is CC(C)CN1CCCCC1.CCCCCC. The van der Waals surface area contributed by atoms with Crippen LogP contribution in [-0.2, 0) is 0 Å². The zero-order chi connectivity index (χ0) is 12.2. The van der Waals surface area contributed by atoms with Crippen molar-refractivity contribution in [3.63, 3.8) is 0 Å². The van der Waals surface area contributed by atoms with E-state index in [0.29, 0.717) is 0 Å². The van der Waals surface area contributed by atoms with E-state index in [-0.39, 0.29) is 0 Å².